The van der Waals surface area contributed by atoms with Gasteiger partial charge in [0.05, 0.1) is 0 Å². The molecular weight excluding hydrogens is 252 g/mol. The number of hydrogen-bond donors (Lipinski definition) is 0. The van der Waals surface area contributed by atoms with Crippen molar-refractivity contribution in [3.05, 3.63) is 47.9 Å². The third-order valence-electron chi connectivity index (χ3n) is 3.66. The number of Topliss-reactive ketones (excluding diaryl/α,β-unsaturated/α-hetero) is 1. The number of carbonyl (C=O) groups excluding carboxylic acids is 1. The van der Waals surface area contributed by atoms with Crippen molar-refractivity contribution in [2.45, 2.75) is 32.6 Å². The van der Waals surface area contributed by atoms with Crippen molar-refractivity contribution < 1.29 is 14.3 Å². The summed E-state index contributed by atoms with van der Waals surface area (Å²) in [6.45, 7) is 2.16. The highest BCUT2D eigenvalue weighted by atomic mass is 16.6. The predicted octanol–water partition coefficient (Wildman–Crippen LogP) is 4.00. The SMILES string of the molecule is CCCCCC1C=CC2=C(Oc3ccccc3O2)C1=O. The van der Waals surface area contributed by atoms with Gasteiger partial charge >= 0.3 is 0 Å². The van der Waals surface area contributed by atoms with Crippen molar-refractivity contribution in [1.82, 2.24) is 0 Å². The number of fused-ring (bicyclic) bond motifs is 1. The molecule has 0 amide bonds. The van der Waals surface area contributed by atoms with Crippen LogP contribution in [-0.2, 0) is 4.79 Å². The molecule has 3 heteroatoms. The average Bonchev–Trinajstić information content (AvgIpc) is 2.48. The van der Waals surface area contributed by atoms with E-state index in [9.17, 15) is 4.79 Å². The van der Waals surface area contributed by atoms with Gasteiger partial charge < -0.3 is 9.47 Å². The van der Waals surface area contributed by atoms with Gasteiger partial charge in [-0.2, -0.15) is 0 Å². The molecule has 1 aromatic rings. The first-order valence-electron chi connectivity index (χ1n) is 7.21. The lowest BCUT2D eigenvalue weighted by Crippen LogP contribution is -2.26. The molecule has 1 heterocycles. The smallest absolute Gasteiger partial charge is 0.213 e. The Kier molecular flexibility index (Phi) is 3.59. The van der Waals surface area contributed by atoms with E-state index in [2.05, 4.69) is 6.92 Å². The van der Waals surface area contributed by atoms with Gasteiger partial charge in [-0.1, -0.05) is 44.4 Å². The van der Waals surface area contributed by atoms with E-state index in [-0.39, 0.29) is 11.7 Å². The summed E-state index contributed by atoms with van der Waals surface area (Å²) in [6.07, 6.45) is 8.06. The fourth-order valence-corrected chi connectivity index (χ4v) is 2.53. The molecule has 1 atom stereocenters. The van der Waals surface area contributed by atoms with Crippen molar-refractivity contribution in [2.75, 3.05) is 0 Å². The summed E-state index contributed by atoms with van der Waals surface area (Å²) in [5.41, 5.74) is 0. The molecule has 0 fully saturated rings. The number of hydrogen-bond acceptors (Lipinski definition) is 3. The van der Waals surface area contributed by atoms with Crippen molar-refractivity contribution in [3.63, 3.8) is 0 Å². The van der Waals surface area contributed by atoms with Crippen LogP contribution < -0.4 is 9.47 Å². The maximum Gasteiger partial charge on any atom is 0.213 e. The van der Waals surface area contributed by atoms with Crippen molar-refractivity contribution >= 4 is 5.78 Å². The van der Waals surface area contributed by atoms with Gasteiger partial charge in [-0.3, -0.25) is 4.79 Å². The van der Waals surface area contributed by atoms with Crippen molar-refractivity contribution in [3.8, 4) is 11.5 Å². The van der Waals surface area contributed by atoms with Crippen LogP contribution in [0.4, 0.5) is 0 Å². The van der Waals surface area contributed by atoms with Crippen molar-refractivity contribution in [2.24, 2.45) is 5.92 Å². The molecule has 1 aliphatic carbocycles. The second-order valence-corrected chi connectivity index (χ2v) is 5.17. The maximum absolute atomic E-state index is 12.4. The molecule has 0 bridgehead atoms. The van der Waals surface area contributed by atoms with Gasteiger partial charge in [-0.05, 0) is 24.6 Å². The summed E-state index contributed by atoms with van der Waals surface area (Å²) in [5, 5.41) is 0. The Bertz CT molecular complexity index is 584. The van der Waals surface area contributed by atoms with Crippen LogP contribution in [0, 0.1) is 5.92 Å². The molecule has 1 aromatic carbocycles. The Morgan fingerprint density at radius 2 is 1.85 bits per heavy atom. The lowest BCUT2D eigenvalue weighted by molar-refractivity contribution is -0.120. The average molecular weight is 270 g/mol. The third kappa shape index (κ3) is 2.36. The summed E-state index contributed by atoms with van der Waals surface area (Å²) in [6, 6.07) is 7.41. The lowest BCUT2D eigenvalue weighted by atomic mass is 9.91. The van der Waals surface area contributed by atoms with Crippen LogP contribution in [0.5, 0.6) is 11.5 Å². The minimum absolute atomic E-state index is 0.0353. The van der Waals surface area contributed by atoms with E-state index in [1.54, 1.807) is 0 Å². The van der Waals surface area contributed by atoms with E-state index in [4.69, 9.17) is 9.47 Å². The van der Waals surface area contributed by atoms with Crippen LogP contribution in [0.3, 0.4) is 0 Å². The van der Waals surface area contributed by atoms with E-state index in [1.165, 1.54) is 0 Å². The summed E-state index contributed by atoms with van der Waals surface area (Å²) < 4.78 is 11.5. The predicted molar refractivity (Wildman–Crippen MR) is 76.5 cm³/mol. The Morgan fingerprint density at radius 3 is 2.60 bits per heavy atom. The third-order valence-corrected chi connectivity index (χ3v) is 3.66. The Hall–Kier alpha value is -2.03. The molecule has 0 spiro atoms. The quantitative estimate of drug-likeness (QED) is 0.776. The molecule has 1 aliphatic heterocycles. The topological polar surface area (TPSA) is 35.5 Å². The Morgan fingerprint density at radius 1 is 1.10 bits per heavy atom. The number of unbranched alkanes of at least 4 members (excludes halogenated alkanes) is 2. The second kappa shape index (κ2) is 5.53. The first-order chi connectivity index (χ1) is 9.79. The minimum atomic E-state index is -0.0748. The summed E-state index contributed by atoms with van der Waals surface area (Å²) in [4.78, 5) is 12.4. The van der Waals surface area contributed by atoms with Gasteiger partial charge in [0.1, 0.15) is 0 Å². The minimum Gasteiger partial charge on any atom is -0.449 e. The van der Waals surface area contributed by atoms with Gasteiger partial charge in [-0.15, -0.1) is 0 Å². The van der Waals surface area contributed by atoms with Crippen LogP contribution in [0.15, 0.2) is 47.9 Å². The fourth-order valence-electron chi connectivity index (χ4n) is 2.53. The molecule has 0 aromatic heterocycles. The zero-order chi connectivity index (χ0) is 13.9. The van der Waals surface area contributed by atoms with E-state index >= 15 is 0 Å². The van der Waals surface area contributed by atoms with Crippen LogP contribution in [0.25, 0.3) is 0 Å². The van der Waals surface area contributed by atoms with Crippen molar-refractivity contribution in [1.29, 1.82) is 0 Å². The van der Waals surface area contributed by atoms with Crippen LogP contribution in [-0.4, -0.2) is 5.78 Å². The molecule has 2 aliphatic rings. The fraction of sp³-hybridized carbons (Fsp3) is 0.353. The monoisotopic (exact) mass is 270 g/mol. The van der Waals surface area contributed by atoms with Crippen LogP contribution in [0.1, 0.15) is 32.6 Å². The molecular formula is C17H18O3. The maximum atomic E-state index is 12.4. The zero-order valence-corrected chi connectivity index (χ0v) is 11.6. The van der Waals surface area contributed by atoms with E-state index < -0.39 is 0 Å². The van der Waals surface area contributed by atoms with Crippen LogP contribution >= 0.6 is 0 Å². The van der Waals surface area contributed by atoms with Gasteiger partial charge in [0.25, 0.3) is 0 Å². The molecule has 0 saturated heterocycles. The molecule has 0 radical (unpaired) electrons. The molecule has 0 saturated carbocycles. The molecule has 20 heavy (non-hydrogen) atoms. The van der Waals surface area contributed by atoms with E-state index in [0.717, 1.165) is 25.7 Å². The zero-order valence-electron chi connectivity index (χ0n) is 11.6. The second-order valence-electron chi connectivity index (χ2n) is 5.17. The number of benzene rings is 1. The number of carbonyl (C=O) groups is 1. The number of ether oxygens (including phenoxy) is 2. The van der Waals surface area contributed by atoms with Crippen LogP contribution in [0.2, 0.25) is 0 Å². The highest BCUT2D eigenvalue weighted by molar-refractivity contribution is 5.99. The lowest BCUT2D eigenvalue weighted by Gasteiger charge is -2.26. The summed E-state index contributed by atoms with van der Waals surface area (Å²) in [7, 11) is 0. The standard InChI is InChI=1S/C17H18O3/c1-2-3-4-7-12-10-11-15-17(16(12)18)20-14-9-6-5-8-13(14)19-15/h5-6,8-12H,2-4,7H2,1H3. The highest BCUT2D eigenvalue weighted by Crippen LogP contribution is 2.38. The van der Waals surface area contributed by atoms with Gasteiger partial charge in [0, 0.05) is 5.92 Å². The number of allylic oxidation sites excluding steroid dienone is 3. The molecule has 104 valence electrons. The summed E-state index contributed by atoms with van der Waals surface area (Å²) >= 11 is 0. The van der Waals surface area contributed by atoms with E-state index in [1.807, 2.05) is 36.4 Å². The number of para-hydroxylation sites is 2. The molecule has 1 unspecified atom stereocenters. The molecule has 0 N–H and O–H groups in total. The van der Waals surface area contributed by atoms with Gasteiger partial charge in [0.2, 0.25) is 11.5 Å². The molecule has 3 rings (SSSR count). The molecule has 3 nitrogen and oxygen atoms in total. The Balaban J connectivity index is 1.77. The highest BCUT2D eigenvalue weighted by Gasteiger charge is 2.32. The van der Waals surface area contributed by atoms with Gasteiger partial charge in [-0.25, -0.2) is 0 Å². The normalized spacial score (nSPS) is 20.1. The first kappa shape index (κ1) is 13.0. The summed E-state index contributed by atoms with van der Waals surface area (Å²) in [5.74, 6) is 2.12. The largest absolute Gasteiger partial charge is 0.449 e. The Labute approximate surface area is 118 Å². The van der Waals surface area contributed by atoms with E-state index in [0.29, 0.717) is 23.0 Å². The number of rotatable bonds is 4. The first-order valence-corrected chi connectivity index (χ1v) is 7.21. The van der Waals surface area contributed by atoms with Gasteiger partial charge in [0.15, 0.2) is 17.3 Å². The number of ketones is 1.